The van der Waals surface area contributed by atoms with Gasteiger partial charge in [0.05, 0.1) is 13.7 Å². The van der Waals surface area contributed by atoms with Crippen LogP contribution in [0.3, 0.4) is 0 Å². The molecule has 0 atom stereocenters. The largest absolute Gasteiger partial charge is 0.493 e. The molecule has 0 unspecified atom stereocenters. The quantitative estimate of drug-likeness (QED) is 0.679. The van der Waals surface area contributed by atoms with Crippen LogP contribution < -0.4 is 20.5 Å². The summed E-state index contributed by atoms with van der Waals surface area (Å²) in [5, 5.41) is 2.88. The van der Waals surface area contributed by atoms with Crippen molar-refractivity contribution in [2.75, 3.05) is 19.5 Å². The van der Waals surface area contributed by atoms with Crippen LogP contribution in [0.2, 0.25) is 0 Å². The number of anilines is 1. The van der Waals surface area contributed by atoms with Crippen LogP contribution in [-0.4, -0.2) is 19.6 Å². The molecule has 2 rings (SSSR count). The zero-order chi connectivity index (χ0) is 18.2. The number of nitrogens with two attached hydrogens (primary N) is 1. The van der Waals surface area contributed by atoms with E-state index in [2.05, 4.69) is 19.2 Å². The maximum atomic E-state index is 12.2. The zero-order valence-electron chi connectivity index (χ0n) is 15.5. The number of hydrogen-bond donors (Lipinski definition) is 2. The van der Waals surface area contributed by atoms with Gasteiger partial charge in [-0.1, -0.05) is 26.0 Å². The summed E-state index contributed by atoms with van der Waals surface area (Å²) >= 11 is 0. The number of ether oxygens (including phenoxy) is 2. The Morgan fingerprint density at radius 1 is 1.15 bits per heavy atom. The molecule has 0 heterocycles. The first-order chi connectivity index (χ1) is 12.0. The van der Waals surface area contributed by atoms with Crippen LogP contribution in [-0.2, 0) is 6.54 Å². The number of amides is 1. The summed E-state index contributed by atoms with van der Waals surface area (Å²) in [6.45, 7) is 5.37. The lowest BCUT2D eigenvalue weighted by Crippen LogP contribution is -2.22. The van der Waals surface area contributed by atoms with Gasteiger partial charge in [-0.15, -0.1) is 12.4 Å². The molecule has 0 saturated heterocycles. The molecule has 0 aliphatic heterocycles. The highest BCUT2D eigenvalue weighted by Gasteiger charge is 2.09. The zero-order valence-corrected chi connectivity index (χ0v) is 16.3. The third kappa shape index (κ3) is 6.48. The first kappa shape index (κ1) is 21.6. The lowest BCUT2D eigenvalue weighted by Gasteiger charge is -2.13. The molecule has 6 heteroatoms. The second-order valence-corrected chi connectivity index (χ2v) is 6.32. The van der Waals surface area contributed by atoms with Gasteiger partial charge in [-0.3, -0.25) is 4.79 Å². The van der Waals surface area contributed by atoms with E-state index in [4.69, 9.17) is 15.2 Å². The smallest absolute Gasteiger partial charge is 0.251 e. The minimum absolute atomic E-state index is 0. The Kier molecular flexibility index (Phi) is 8.79. The summed E-state index contributed by atoms with van der Waals surface area (Å²) in [6, 6.07) is 12.6. The second kappa shape index (κ2) is 10.6. The molecule has 0 fully saturated rings. The molecule has 0 bridgehead atoms. The maximum absolute atomic E-state index is 12.2. The Balaban J connectivity index is 0.00000338. The molecule has 26 heavy (non-hydrogen) atoms. The number of methoxy groups -OCH3 is 1. The molecule has 0 saturated carbocycles. The van der Waals surface area contributed by atoms with Crippen molar-refractivity contribution in [3.63, 3.8) is 0 Å². The summed E-state index contributed by atoms with van der Waals surface area (Å²) in [6.07, 6.45) is 0.987. The lowest BCUT2D eigenvalue weighted by molar-refractivity contribution is 0.0951. The van der Waals surface area contributed by atoms with Crippen molar-refractivity contribution in [2.24, 2.45) is 5.92 Å². The molecule has 0 aromatic heterocycles. The summed E-state index contributed by atoms with van der Waals surface area (Å²) in [5.74, 6) is 1.81. The normalized spacial score (nSPS) is 10.2. The van der Waals surface area contributed by atoms with Crippen molar-refractivity contribution in [1.29, 1.82) is 0 Å². The molecule has 142 valence electrons. The van der Waals surface area contributed by atoms with E-state index in [0.717, 1.165) is 12.0 Å². The fourth-order valence-corrected chi connectivity index (χ4v) is 2.31. The molecule has 0 spiro atoms. The number of halogens is 1. The van der Waals surface area contributed by atoms with E-state index in [1.54, 1.807) is 31.4 Å². The monoisotopic (exact) mass is 378 g/mol. The molecule has 2 aromatic carbocycles. The number of rotatable bonds is 8. The Bertz CT molecular complexity index is 720. The fraction of sp³-hybridized carbons (Fsp3) is 0.350. The van der Waals surface area contributed by atoms with Gasteiger partial charge in [-0.05, 0) is 48.2 Å². The van der Waals surface area contributed by atoms with E-state index in [1.165, 1.54) is 0 Å². The number of benzene rings is 2. The molecule has 2 aromatic rings. The maximum Gasteiger partial charge on any atom is 0.251 e. The highest BCUT2D eigenvalue weighted by molar-refractivity contribution is 5.94. The highest BCUT2D eigenvalue weighted by atomic mass is 35.5. The second-order valence-electron chi connectivity index (χ2n) is 6.32. The van der Waals surface area contributed by atoms with Gasteiger partial charge in [-0.2, -0.15) is 0 Å². The molecule has 0 aliphatic rings. The van der Waals surface area contributed by atoms with Gasteiger partial charge < -0.3 is 20.5 Å². The van der Waals surface area contributed by atoms with E-state index < -0.39 is 0 Å². The van der Waals surface area contributed by atoms with Crippen LogP contribution in [0, 0.1) is 5.92 Å². The number of nitrogen functional groups attached to an aromatic ring is 1. The molecule has 5 nitrogen and oxygen atoms in total. The summed E-state index contributed by atoms with van der Waals surface area (Å²) in [4.78, 5) is 12.2. The average molecular weight is 379 g/mol. The van der Waals surface area contributed by atoms with Crippen LogP contribution >= 0.6 is 12.4 Å². The van der Waals surface area contributed by atoms with E-state index in [0.29, 0.717) is 41.8 Å². The van der Waals surface area contributed by atoms with Crippen molar-refractivity contribution in [3.05, 3.63) is 53.6 Å². The highest BCUT2D eigenvalue weighted by Crippen LogP contribution is 2.28. The van der Waals surface area contributed by atoms with Crippen LogP contribution in [0.15, 0.2) is 42.5 Å². The van der Waals surface area contributed by atoms with Crippen molar-refractivity contribution in [3.8, 4) is 11.5 Å². The summed E-state index contributed by atoms with van der Waals surface area (Å²) in [7, 11) is 1.61. The van der Waals surface area contributed by atoms with E-state index in [-0.39, 0.29) is 18.3 Å². The number of carbonyl (C=O) groups is 1. The Morgan fingerprint density at radius 3 is 2.58 bits per heavy atom. The fourth-order valence-electron chi connectivity index (χ4n) is 2.31. The molecule has 0 aliphatic carbocycles. The minimum atomic E-state index is -0.163. The average Bonchev–Trinajstić information content (AvgIpc) is 2.60. The van der Waals surface area contributed by atoms with Crippen LogP contribution in [0.4, 0.5) is 5.69 Å². The standard InChI is InChI=1S/C20H26N2O3.ClH/c1-14(2)9-10-25-18-8-7-15(11-19(18)24-3)13-22-20(23)16-5-4-6-17(21)12-16;/h4-8,11-12,14H,9-10,13,21H2,1-3H3,(H,22,23);1H. The van der Waals surface area contributed by atoms with Gasteiger partial charge in [0.15, 0.2) is 11.5 Å². The van der Waals surface area contributed by atoms with E-state index >= 15 is 0 Å². The minimum Gasteiger partial charge on any atom is -0.493 e. The Morgan fingerprint density at radius 2 is 1.92 bits per heavy atom. The third-order valence-electron chi connectivity index (χ3n) is 3.78. The Labute approximate surface area is 161 Å². The van der Waals surface area contributed by atoms with Gasteiger partial charge >= 0.3 is 0 Å². The van der Waals surface area contributed by atoms with Crippen molar-refractivity contribution >= 4 is 24.0 Å². The molecule has 3 N–H and O–H groups in total. The Hall–Kier alpha value is -2.40. The molecular weight excluding hydrogens is 352 g/mol. The van der Waals surface area contributed by atoms with E-state index in [1.807, 2.05) is 18.2 Å². The van der Waals surface area contributed by atoms with Gasteiger partial charge in [0.2, 0.25) is 0 Å². The van der Waals surface area contributed by atoms with Crippen LogP contribution in [0.25, 0.3) is 0 Å². The first-order valence-corrected chi connectivity index (χ1v) is 8.43. The van der Waals surface area contributed by atoms with E-state index in [9.17, 15) is 4.79 Å². The topological polar surface area (TPSA) is 73.6 Å². The van der Waals surface area contributed by atoms with Crippen LogP contribution in [0.5, 0.6) is 11.5 Å². The van der Waals surface area contributed by atoms with Gasteiger partial charge in [-0.25, -0.2) is 0 Å². The predicted octanol–water partition coefficient (Wildman–Crippen LogP) is 4.05. The van der Waals surface area contributed by atoms with Crippen molar-refractivity contribution in [2.45, 2.75) is 26.8 Å². The van der Waals surface area contributed by atoms with Crippen molar-refractivity contribution in [1.82, 2.24) is 5.32 Å². The lowest BCUT2D eigenvalue weighted by atomic mass is 10.1. The number of nitrogens with one attached hydrogen (secondary N) is 1. The molecular formula is C20H27ClN2O3. The SMILES string of the molecule is COc1cc(CNC(=O)c2cccc(N)c2)ccc1OCCC(C)C.Cl. The number of hydrogen-bond acceptors (Lipinski definition) is 4. The van der Waals surface area contributed by atoms with Crippen LogP contribution in [0.1, 0.15) is 36.2 Å². The van der Waals surface area contributed by atoms with Crippen molar-refractivity contribution < 1.29 is 14.3 Å². The summed E-state index contributed by atoms with van der Waals surface area (Å²) in [5.41, 5.74) is 7.75. The number of carbonyl (C=O) groups excluding carboxylic acids is 1. The predicted molar refractivity (Wildman–Crippen MR) is 107 cm³/mol. The third-order valence-corrected chi connectivity index (χ3v) is 3.78. The summed E-state index contributed by atoms with van der Waals surface area (Å²) < 4.78 is 11.2. The first-order valence-electron chi connectivity index (χ1n) is 8.43. The van der Waals surface area contributed by atoms with Gasteiger partial charge in [0.25, 0.3) is 5.91 Å². The van der Waals surface area contributed by atoms with Gasteiger partial charge in [0.1, 0.15) is 0 Å². The molecule has 1 amide bonds. The molecule has 0 radical (unpaired) electrons. The van der Waals surface area contributed by atoms with Gasteiger partial charge in [0, 0.05) is 17.8 Å².